The summed E-state index contributed by atoms with van der Waals surface area (Å²) in [5.41, 5.74) is 2.85. The molecule has 0 fully saturated rings. The summed E-state index contributed by atoms with van der Waals surface area (Å²) in [5.74, 6) is -0.145. The average molecular weight is 499 g/mol. The smallest absolute Gasteiger partial charge is 0.284 e. The first-order valence-electron chi connectivity index (χ1n) is 10.4. The van der Waals surface area contributed by atoms with Gasteiger partial charge in [-0.2, -0.15) is 5.26 Å². The van der Waals surface area contributed by atoms with E-state index in [2.05, 4.69) is 11.1 Å². The van der Waals surface area contributed by atoms with E-state index in [0.717, 1.165) is 17.5 Å². The molecule has 2 heterocycles. The van der Waals surface area contributed by atoms with Crippen LogP contribution in [0.2, 0.25) is 0 Å². The van der Waals surface area contributed by atoms with E-state index < -0.39 is 22.0 Å². The zero-order chi connectivity index (χ0) is 24.5. The Morgan fingerprint density at radius 1 is 1.32 bits per heavy atom. The number of anilines is 2. The lowest BCUT2D eigenvalue weighted by atomic mass is 10.0. The van der Waals surface area contributed by atoms with Gasteiger partial charge in [0.1, 0.15) is 11.4 Å². The number of carbonyl (C=O) groups is 1. The summed E-state index contributed by atoms with van der Waals surface area (Å²) in [6.45, 7) is 2.51. The minimum atomic E-state index is -3.74. The molecule has 0 bridgehead atoms. The summed E-state index contributed by atoms with van der Waals surface area (Å²) in [4.78, 5) is 19.3. The first kappa shape index (κ1) is 23.7. The Balaban J connectivity index is 1.72. The topological polar surface area (TPSA) is 133 Å². The number of ether oxygens (including phenoxy) is 1. The zero-order valence-electron chi connectivity index (χ0n) is 18.5. The second-order valence-corrected chi connectivity index (χ2v) is 10.8. The van der Waals surface area contributed by atoms with Gasteiger partial charge in [0, 0.05) is 22.5 Å². The Morgan fingerprint density at radius 2 is 2.06 bits per heavy atom. The van der Waals surface area contributed by atoms with Crippen LogP contribution in [0, 0.1) is 18.3 Å². The summed E-state index contributed by atoms with van der Waals surface area (Å²) in [6.07, 6.45) is 0.811. The van der Waals surface area contributed by atoms with Gasteiger partial charge >= 0.3 is 0 Å². The molecule has 0 spiro atoms. The van der Waals surface area contributed by atoms with Crippen LogP contribution in [-0.4, -0.2) is 37.3 Å². The molecule has 11 heteroatoms. The normalized spacial score (nSPS) is 15.1. The number of aliphatic hydroxyl groups is 1. The molecule has 1 aromatic heterocycles. The third-order valence-corrected chi connectivity index (χ3v) is 6.79. The number of thiazole rings is 1. The number of rotatable bonds is 6. The van der Waals surface area contributed by atoms with Gasteiger partial charge in [0.2, 0.25) is 10.0 Å². The lowest BCUT2D eigenvalue weighted by Gasteiger charge is -2.25. The van der Waals surface area contributed by atoms with Crippen LogP contribution in [-0.2, 0) is 16.6 Å². The standard InChI is InChI=1S/C23H22N4O5S2/c1-14-21(22(29)26-34(2,30)31)25-23(33-14)27(17-6-3-15(12-24)4-7-17)13-16-5-8-20-18(11-16)19(28)9-10-32-20/h3-8,11,19,28H,9-10,13H2,1-2H3,(H,26,29). The molecule has 1 unspecified atom stereocenters. The van der Waals surface area contributed by atoms with Crippen molar-refractivity contribution in [3.63, 3.8) is 0 Å². The number of fused-ring (bicyclic) bond motifs is 1. The molecule has 34 heavy (non-hydrogen) atoms. The molecule has 1 atom stereocenters. The van der Waals surface area contributed by atoms with E-state index in [-0.39, 0.29) is 5.69 Å². The van der Waals surface area contributed by atoms with Gasteiger partial charge in [-0.1, -0.05) is 6.07 Å². The van der Waals surface area contributed by atoms with Crippen molar-refractivity contribution in [2.45, 2.75) is 26.0 Å². The Kier molecular flexibility index (Phi) is 6.56. The van der Waals surface area contributed by atoms with Crippen LogP contribution in [0.5, 0.6) is 5.75 Å². The van der Waals surface area contributed by atoms with Gasteiger partial charge in [-0.25, -0.2) is 18.1 Å². The highest BCUT2D eigenvalue weighted by Crippen LogP contribution is 2.36. The van der Waals surface area contributed by atoms with Gasteiger partial charge in [-0.3, -0.25) is 4.79 Å². The van der Waals surface area contributed by atoms with Crippen molar-refractivity contribution < 1.29 is 23.1 Å². The number of benzene rings is 2. The van der Waals surface area contributed by atoms with Crippen molar-refractivity contribution in [3.8, 4) is 11.8 Å². The molecule has 0 radical (unpaired) electrons. The number of nitrogens with one attached hydrogen (secondary N) is 1. The summed E-state index contributed by atoms with van der Waals surface area (Å²) >= 11 is 1.25. The van der Waals surface area contributed by atoms with E-state index in [1.807, 2.05) is 27.8 Å². The minimum Gasteiger partial charge on any atom is -0.493 e. The van der Waals surface area contributed by atoms with Gasteiger partial charge < -0.3 is 14.7 Å². The second kappa shape index (κ2) is 9.42. The second-order valence-electron chi connectivity index (χ2n) is 7.87. The summed E-state index contributed by atoms with van der Waals surface area (Å²) < 4.78 is 30.6. The largest absolute Gasteiger partial charge is 0.493 e. The van der Waals surface area contributed by atoms with Crippen molar-refractivity contribution in [2.24, 2.45) is 0 Å². The van der Waals surface area contributed by atoms with Gasteiger partial charge in [0.15, 0.2) is 5.13 Å². The van der Waals surface area contributed by atoms with Crippen molar-refractivity contribution in [2.75, 3.05) is 17.8 Å². The molecular weight excluding hydrogens is 476 g/mol. The third kappa shape index (κ3) is 5.20. The maximum atomic E-state index is 12.4. The molecule has 2 aromatic carbocycles. The van der Waals surface area contributed by atoms with Crippen molar-refractivity contribution in [1.82, 2.24) is 9.71 Å². The first-order chi connectivity index (χ1) is 16.1. The van der Waals surface area contributed by atoms with E-state index in [9.17, 15) is 18.3 Å². The average Bonchev–Trinajstić information content (AvgIpc) is 3.18. The summed E-state index contributed by atoms with van der Waals surface area (Å²) in [5, 5.41) is 20.0. The number of nitriles is 1. The van der Waals surface area contributed by atoms with Crippen LogP contribution in [0.25, 0.3) is 0 Å². The summed E-state index contributed by atoms with van der Waals surface area (Å²) in [6, 6.07) is 14.6. The van der Waals surface area contributed by atoms with Crippen LogP contribution < -0.4 is 14.4 Å². The van der Waals surface area contributed by atoms with Gasteiger partial charge in [-0.05, 0) is 48.9 Å². The van der Waals surface area contributed by atoms with Gasteiger partial charge in [0.25, 0.3) is 5.91 Å². The molecular formula is C23H22N4O5S2. The SMILES string of the molecule is Cc1sc(N(Cc2ccc3c(c2)C(O)CCO3)c2ccc(C#N)cc2)nc1C(=O)NS(C)(=O)=O. The number of amides is 1. The monoisotopic (exact) mass is 498 g/mol. The molecule has 0 saturated heterocycles. The number of nitrogens with zero attached hydrogens (tertiary/aromatic N) is 3. The number of hydrogen-bond acceptors (Lipinski definition) is 9. The lowest BCUT2D eigenvalue weighted by molar-refractivity contribution is 0.0977. The van der Waals surface area contributed by atoms with Gasteiger partial charge in [-0.15, -0.1) is 11.3 Å². The predicted octanol–water partition coefficient (Wildman–Crippen LogP) is 3.17. The van der Waals surface area contributed by atoms with E-state index in [0.29, 0.717) is 46.5 Å². The Labute approximate surface area is 201 Å². The molecule has 1 amide bonds. The molecule has 1 aliphatic heterocycles. The van der Waals surface area contributed by atoms with E-state index in [1.165, 1.54) is 11.3 Å². The van der Waals surface area contributed by atoms with Crippen LogP contribution in [0.3, 0.4) is 0 Å². The Morgan fingerprint density at radius 3 is 2.74 bits per heavy atom. The van der Waals surface area contributed by atoms with Crippen molar-refractivity contribution in [3.05, 3.63) is 69.7 Å². The quantitative estimate of drug-likeness (QED) is 0.530. The Hall–Kier alpha value is -3.46. The lowest BCUT2D eigenvalue weighted by Crippen LogP contribution is -2.30. The molecule has 0 aliphatic carbocycles. The highest BCUT2D eigenvalue weighted by Gasteiger charge is 2.24. The molecule has 9 nitrogen and oxygen atoms in total. The molecule has 3 aromatic rings. The highest BCUT2D eigenvalue weighted by atomic mass is 32.2. The van der Waals surface area contributed by atoms with E-state index in [4.69, 9.17) is 10.00 Å². The third-order valence-electron chi connectivity index (χ3n) is 5.24. The highest BCUT2D eigenvalue weighted by molar-refractivity contribution is 7.89. The number of aromatic nitrogens is 1. The fourth-order valence-corrected chi connectivity index (χ4v) is 4.98. The predicted molar refractivity (Wildman–Crippen MR) is 128 cm³/mol. The van der Waals surface area contributed by atoms with Gasteiger partial charge in [0.05, 0.1) is 37.1 Å². The van der Waals surface area contributed by atoms with E-state index in [1.54, 1.807) is 31.2 Å². The fourth-order valence-electron chi connectivity index (χ4n) is 3.62. The van der Waals surface area contributed by atoms with Crippen LogP contribution in [0.1, 0.15) is 44.6 Å². The first-order valence-corrected chi connectivity index (χ1v) is 13.1. The number of aryl methyl sites for hydroxylation is 1. The van der Waals surface area contributed by atoms with E-state index >= 15 is 0 Å². The number of aliphatic hydroxyl groups excluding tert-OH is 1. The number of sulfonamides is 1. The molecule has 1 aliphatic rings. The maximum Gasteiger partial charge on any atom is 0.284 e. The molecule has 2 N–H and O–H groups in total. The van der Waals surface area contributed by atoms with Crippen LogP contribution >= 0.6 is 11.3 Å². The Bertz CT molecular complexity index is 1380. The maximum absolute atomic E-state index is 12.4. The summed E-state index contributed by atoms with van der Waals surface area (Å²) in [7, 11) is -3.74. The van der Waals surface area contributed by atoms with Crippen molar-refractivity contribution >= 4 is 38.1 Å². The fraction of sp³-hybridized carbons (Fsp3) is 0.261. The number of hydrogen-bond donors (Lipinski definition) is 2. The minimum absolute atomic E-state index is 0.0262. The van der Waals surface area contributed by atoms with Crippen LogP contribution in [0.4, 0.5) is 10.8 Å². The van der Waals surface area contributed by atoms with Crippen LogP contribution in [0.15, 0.2) is 42.5 Å². The van der Waals surface area contributed by atoms with Crippen molar-refractivity contribution in [1.29, 1.82) is 5.26 Å². The molecule has 4 rings (SSSR count). The molecule has 0 saturated carbocycles. The zero-order valence-corrected chi connectivity index (χ0v) is 20.1. The molecule has 176 valence electrons. The number of carbonyl (C=O) groups excluding carboxylic acids is 1.